The van der Waals surface area contributed by atoms with Crippen LogP contribution in [-0.4, -0.2) is 32.1 Å². The molecule has 3 aromatic heterocycles. The number of rotatable bonds is 5. The summed E-state index contributed by atoms with van der Waals surface area (Å²) in [5, 5.41) is 21.5. The van der Waals surface area contributed by atoms with Crippen molar-refractivity contribution >= 4 is 51.2 Å². The van der Waals surface area contributed by atoms with Crippen LogP contribution >= 0.6 is 0 Å². The van der Waals surface area contributed by atoms with Crippen molar-refractivity contribution in [3.05, 3.63) is 88.5 Å². The molecule has 0 radical (unpaired) electrons. The molecule has 3 aliphatic heterocycles. The summed E-state index contributed by atoms with van der Waals surface area (Å²) in [5.41, 5.74) is 6.36. The van der Waals surface area contributed by atoms with Crippen LogP contribution in [0.3, 0.4) is 0 Å². The van der Waals surface area contributed by atoms with Gasteiger partial charge in [-0.15, -0.1) is 22.1 Å². The van der Waals surface area contributed by atoms with Crippen LogP contribution in [0.5, 0.6) is 0 Å². The second kappa shape index (κ2) is 11.0. The van der Waals surface area contributed by atoms with Gasteiger partial charge in [-0.3, -0.25) is 14.6 Å². The van der Waals surface area contributed by atoms with Gasteiger partial charge in [0.2, 0.25) is 0 Å². The molecule has 6 rings (SSSR count). The number of aryl methyl sites for hydroxylation is 3. The first kappa shape index (κ1) is 31.2. The molecule has 44 heavy (non-hydrogen) atoms. The van der Waals surface area contributed by atoms with Crippen LogP contribution in [0.4, 0.5) is 0 Å². The van der Waals surface area contributed by atoms with Crippen molar-refractivity contribution in [2.45, 2.75) is 64.6 Å². The van der Waals surface area contributed by atoms with Gasteiger partial charge >= 0.3 is 29.0 Å². The number of nitrogens with zero attached hydrogens (tertiary/aromatic N) is 4. The zero-order valence-corrected chi connectivity index (χ0v) is 26.1. The van der Waals surface area contributed by atoms with Crippen LogP contribution in [0.1, 0.15) is 78.1 Å². The van der Waals surface area contributed by atoms with Crippen LogP contribution < -0.4 is 9.97 Å². The Kier molecular flexibility index (Phi) is 7.82. The molecule has 8 bridgehead atoms. The number of hydrogen-bond donors (Lipinski definition) is 2. The van der Waals surface area contributed by atoms with Crippen molar-refractivity contribution in [3.8, 4) is 0 Å². The molecule has 0 unspecified atom stereocenters. The number of ether oxygens (including phenoxy) is 1. The van der Waals surface area contributed by atoms with Crippen molar-refractivity contribution in [1.82, 2.24) is 19.9 Å². The second-order valence-electron chi connectivity index (χ2n) is 11.5. The minimum atomic E-state index is -1.68. The van der Waals surface area contributed by atoms with E-state index in [1.807, 2.05) is 32.9 Å². The quantitative estimate of drug-likeness (QED) is 0.280. The summed E-state index contributed by atoms with van der Waals surface area (Å²) in [4.78, 5) is 43.7. The number of carbonyl (C=O) groups is 2. The first-order valence-electron chi connectivity index (χ1n) is 14.2. The summed E-state index contributed by atoms with van der Waals surface area (Å²) < 4.78 is 5.89. The summed E-state index contributed by atoms with van der Waals surface area (Å²) in [6.45, 7) is 15.4. The number of carbonyl (C=O) groups excluding carboxylic acids is 1. The third-order valence-electron chi connectivity index (χ3n) is 9.00. The molecule has 226 valence electrons. The van der Waals surface area contributed by atoms with E-state index in [0.29, 0.717) is 39.1 Å². The maximum absolute atomic E-state index is 12.5. The molecular weight excluding hydrogens is 600 g/mol. The molecule has 0 aliphatic carbocycles. The van der Waals surface area contributed by atoms with Crippen molar-refractivity contribution in [2.24, 2.45) is 0 Å². The van der Waals surface area contributed by atoms with Gasteiger partial charge in [-0.1, -0.05) is 66.3 Å². The van der Waals surface area contributed by atoms with Crippen molar-refractivity contribution in [2.75, 3.05) is 0 Å². The standard InChI is InChI=1S/C34H33N4O5.Fe/c1-7-20-17(3)23-13-24-19(5)22(9-10-31(39)40)28(37-24)16-30-34(12-11-32(41)43-34)33(6,42)29(38-30)15-27-21(8-2)18(4)25(36-27)14-26(20)35-23;/h7-8,13-16,42H,1-2,9-12H2,3-6H3,(H2-,35,36,37,38,39,40);/q-1;+2/p-1/t33-,34+;/m0./s1. The maximum atomic E-state index is 12.5. The zero-order valence-electron chi connectivity index (χ0n) is 25.0. The fraction of sp³-hybridized carbons (Fsp3) is 0.294. The first-order valence-corrected chi connectivity index (χ1v) is 14.2. The molecule has 1 spiro atoms. The largest absolute Gasteiger partial charge is 2.00 e. The fourth-order valence-electron chi connectivity index (χ4n) is 6.38. The molecule has 10 heteroatoms. The smallest absolute Gasteiger partial charge is 0.657 e. The summed E-state index contributed by atoms with van der Waals surface area (Å²) in [7, 11) is 0. The average Bonchev–Trinajstić information content (AvgIpc) is 3.69. The predicted octanol–water partition coefficient (Wildman–Crippen LogP) is 5.40. The van der Waals surface area contributed by atoms with Gasteiger partial charge in [0.25, 0.3) is 0 Å². The molecule has 2 atom stereocenters. The molecule has 0 aromatic carbocycles. The van der Waals surface area contributed by atoms with E-state index in [2.05, 4.69) is 13.2 Å². The van der Waals surface area contributed by atoms with Crippen molar-refractivity contribution in [3.63, 3.8) is 0 Å². The van der Waals surface area contributed by atoms with Crippen LogP contribution in [-0.2, 0) is 49.0 Å². The Morgan fingerprint density at radius 2 is 1.64 bits per heavy atom. The van der Waals surface area contributed by atoms with E-state index >= 15 is 0 Å². The van der Waals surface area contributed by atoms with E-state index < -0.39 is 23.1 Å². The topological polar surface area (TPSA) is 138 Å². The normalized spacial score (nSPS) is 20.9. The van der Waals surface area contributed by atoms with Gasteiger partial charge in [0.05, 0.1) is 22.8 Å². The Balaban J connectivity index is 0.00000384. The van der Waals surface area contributed by atoms with Crippen LogP contribution in [0.15, 0.2) is 43.5 Å². The number of hydrogen-bond acceptors (Lipinski definition) is 6. The minimum Gasteiger partial charge on any atom is -0.657 e. The summed E-state index contributed by atoms with van der Waals surface area (Å²) in [5.74, 6) is -1.36. The number of fused-ring (bicyclic) bond motifs is 9. The summed E-state index contributed by atoms with van der Waals surface area (Å²) in [6.07, 6.45) is 3.97. The molecule has 9 nitrogen and oxygen atoms in total. The molecule has 3 aliphatic rings. The zero-order chi connectivity index (χ0) is 30.8. The van der Waals surface area contributed by atoms with Crippen LogP contribution in [0, 0.1) is 13.8 Å². The van der Waals surface area contributed by atoms with E-state index in [4.69, 9.17) is 24.7 Å². The maximum Gasteiger partial charge on any atom is 2.00 e. The van der Waals surface area contributed by atoms with Crippen molar-refractivity contribution in [1.29, 1.82) is 0 Å². The Hall–Kier alpha value is -4.24. The molecular formula is C34H32FeN4O5. The van der Waals surface area contributed by atoms with Gasteiger partial charge in [-0.25, -0.2) is 4.98 Å². The van der Waals surface area contributed by atoms with E-state index in [1.165, 1.54) is 0 Å². The molecule has 6 heterocycles. The monoisotopic (exact) mass is 632 g/mol. The Labute approximate surface area is 265 Å². The first-order chi connectivity index (χ1) is 20.4. The predicted molar refractivity (Wildman–Crippen MR) is 164 cm³/mol. The summed E-state index contributed by atoms with van der Waals surface area (Å²) >= 11 is 0. The number of aliphatic carboxylic acids is 1. The number of aliphatic hydroxyl groups is 1. The van der Waals surface area contributed by atoms with Gasteiger partial charge in [-0.05, 0) is 45.3 Å². The number of carboxylic acid groups (broad SMARTS) is 1. The third kappa shape index (κ3) is 4.65. The molecule has 1 fully saturated rings. The van der Waals surface area contributed by atoms with Gasteiger partial charge in [0.1, 0.15) is 5.60 Å². The van der Waals surface area contributed by atoms with Crippen molar-refractivity contribution < 1.29 is 41.6 Å². The Morgan fingerprint density at radius 1 is 0.977 bits per heavy atom. The van der Waals surface area contributed by atoms with Gasteiger partial charge in [-0.2, -0.15) is 0 Å². The number of carboxylic acids is 1. The number of aromatic nitrogens is 4. The molecule has 3 aromatic rings. The third-order valence-corrected chi connectivity index (χ3v) is 9.00. The van der Waals surface area contributed by atoms with Gasteiger partial charge in [0.15, 0.2) is 5.60 Å². The average molecular weight is 632 g/mol. The van der Waals surface area contributed by atoms with Crippen LogP contribution in [0.2, 0.25) is 0 Å². The van der Waals surface area contributed by atoms with E-state index in [-0.39, 0.29) is 48.4 Å². The Bertz CT molecular complexity index is 1970. The van der Waals surface area contributed by atoms with Gasteiger partial charge in [0, 0.05) is 24.8 Å². The molecule has 0 amide bonds. The molecule has 1 saturated heterocycles. The minimum absolute atomic E-state index is 0. The van der Waals surface area contributed by atoms with E-state index in [1.54, 1.807) is 31.2 Å². The second-order valence-corrected chi connectivity index (χ2v) is 11.5. The number of esters is 1. The van der Waals surface area contributed by atoms with Gasteiger partial charge < -0.3 is 24.9 Å². The van der Waals surface area contributed by atoms with E-state index in [9.17, 15) is 19.8 Å². The number of allylic oxidation sites excluding steroid dienone is 3. The molecule has 0 saturated carbocycles. The SMILES string of the molecule is C=CC1=C(C)c2cc3[n-]c(cc4nc(cc5[n-]c(cc1n2)c(C)c5C=C)[C@](C)(O)[C@@]41CCC(=O)O1)c(CCC(=O)O)c3C.[Fe+2]. The van der Waals surface area contributed by atoms with E-state index in [0.717, 1.165) is 33.4 Å². The van der Waals surface area contributed by atoms with Crippen LogP contribution in [0.25, 0.3) is 39.3 Å². The molecule has 2 N–H and O–H groups in total. The Morgan fingerprint density at radius 3 is 2.27 bits per heavy atom. The summed E-state index contributed by atoms with van der Waals surface area (Å²) in [6, 6.07) is 7.21. The fourth-order valence-corrected chi connectivity index (χ4v) is 6.38.